The smallest absolute Gasteiger partial charge is 0.229 e. The Labute approximate surface area is 125 Å². The molecule has 0 radical (unpaired) electrons. The maximum atomic E-state index is 12.1. The molecule has 0 aromatic heterocycles. The standard InChI is InChI=1S/C16H20N4O/c1-3-10-18-16(17-4-2)19-13-11-15(21)20(12-13)14-8-6-5-7-9-14/h1,5-9,13H,4,10-12H2,2H3,(H2,17,18,19). The molecule has 0 saturated carbocycles. The second kappa shape index (κ2) is 7.34. The number of rotatable bonds is 4. The van der Waals surface area contributed by atoms with Crippen molar-refractivity contribution in [1.29, 1.82) is 0 Å². The lowest BCUT2D eigenvalue weighted by molar-refractivity contribution is -0.117. The van der Waals surface area contributed by atoms with Gasteiger partial charge in [-0.2, -0.15) is 0 Å². The Morgan fingerprint density at radius 2 is 2.24 bits per heavy atom. The van der Waals surface area contributed by atoms with Crippen molar-refractivity contribution in [2.24, 2.45) is 4.99 Å². The number of benzene rings is 1. The quantitative estimate of drug-likeness (QED) is 0.492. The number of terminal acetylenes is 1. The number of carbonyl (C=O) groups excluding carboxylic acids is 1. The van der Waals surface area contributed by atoms with Gasteiger partial charge >= 0.3 is 0 Å². The van der Waals surface area contributed by atoms with Gasteiger partial charge in [0.2, 0.25) is 5.91 Å². The summed E-state index contributed by atoms with van der Waals surface area (Å²) in [6, 6.07) is 9.72. The Kier molecular flexibility index (Phi) is 5.22. The topological polar surface area (TPSA) is 56.7 Å². The van der Waals surface area contributed by atoms with Gasteiger partial charge in [-0.05, 0) is 19.1 Å². The van der Waals surface area contributed by atoms with Gasteiger partial charge in [0.05, 0.1) is 6.04 Å². The minimum Gasteiger partial charge on any atom is -0.357 e. The molecule has 110 valence electrons. The zero-order valence-electron chi connectivity index (χ0n) is 12.2. The summed E-state index contributed by atoms with van der Waals surface area (Å²) in [7, 11) is 0. The largest absolute Gasteiger partial charge is 0.357 e. The molecule has 2 rings (SSSR count). The predicted octanol–water partition coefficient (Wildman–Crippen LogP) is 0.980. The number of hydrogen-bond donors (Lipinski definition) is 2. The molecule has 1 aliphatic rings. The normalized spacial score (nSPS) is 18.5. The molecule has 0 spiro atoms. The first-order valence-electron chi connectivity index (χ1n) is 7.08. The maximum Gasteiger partial charge on any atom is 0.229 e. The fourth-order valence-electron chi connectivity index (χ4n) is 2.30. The Balaban J connectivity index is 2.00. The van der Waals surface area contributed by atoms with E-state index in [9.17, 15) is 4.79 Å². The zero-order valence-corrected chi connectivity index (χ0v) is 12.2. The highest BCUT2D eigenvalue weighted by Gasteiger charge is 2.30. The van der Waals surface area contributed by atoms with Crippen molar-refractivity contribution >= 4 is 17.6 Å². The van der Waals surface area contributed by atoms with E-state index in [1.165, 1.54) is 0 Å². The van der Waals surface area contributed by atoms with Crippen LogP contribution in [0.1, 0.15) is 13.3 Å². The molecule has 0 aliphatic carbocycles. The fraction of sp³-hybridized carbons (Fsp3) is 0.375. The van der Waals surface area contributed by atoms with Crippen molar-refractivity contribution in [1.82, 2.24) is 10.6 Å². The first kappa shape index (κ1) is 14.9. The summed E-state index contributed by atoms with van der Waals surface area (Å²) in [5.74, 6) is 3.25. The van der Waals surface area contributed by atoms with Gasteiger partial charge in [-0.15, -0.1) is 6.42 Å². The minimum atomic E-state index is 0.0354. The number of guanidine groups is 1. The van der Waals surface area contributed by atoms with Crippen LogP contribution in [-0.4, -0.2) is 37.5 Å². The van der Waals surface area contributed by atoms with Gasteiger partial charge in [0.25, 0.3) is 0 Å². The molecule has 1 aromatic rings. The van der Waals surface area contributed by atoms with Crippen LogP contribution in [0.2, 0.25) is 0 Å². The average Bonchev–Trinajstić information content (AvgIpc) is 2.86. The monoisotopic (exact) mass is 284 g/mol. The van der Waals surface area contributed by atoms with E-state index in [0.29, 0.717) is 25.5 Å². The SMILES string of the molecule is C#CCN=C(NCC)NC1CC(=O)N(c2ccccc2)C1. The van der Waals surface area contributed by atoms with Crippen LogP contribution in [0.5, 0.6) is 0 Å². The summed E-state index contributed by atoms with van der Waals surface area (Å²) < 4.78 is 0. The van der Waals surface area contributed by atoms with Crippen LogP contribution in [-0.2, 0) is 4.79 Å². The van der Waals surface area contributed by atoms with E-state index in [1.807, 2.05) is 37.3 Å². The fourth-order valence-corrected chi connectivity index (χ4v) is 2.30. The third-order valence-electron chi connectivity index (χ3n) is 3.21. The molecule has 1 saturated heterocycles. The molecule has 1 heterocycles. The molecule has 1 amide bonds. The highest BCUT2D eigenvalue weighted by atomic mass is 16.2. The molecule has 5 heteroatoms. The van der Waals surface area contributed by atoms with Crippen LogP contribution in [0.4, 0.5) is 5.69 Å². The summed E-state index contributed by atoms with van der Waals surface area (Å²) in [4.78, 5) is 18.2. The number of hydrogen-bond acceptors (Lipinski definition) is 2. The molecule has 1 fully saturated rings. The van der Waals surface area contributed by atoms with Crippen LogP contribution >= 0.6 is 0 Å². The molecule has 21 heavy (non-hydrogen) atoms. The van der Waals surface area contributed by atoms with Gasteiger partial charge in [0.15, 0.2) is 5.96 Å². The van der Waals surface area contributed by atoms with Gasteiger partial charge < -0.3 is 15.5 Å². The van der Waals surface area contributed by atoms with E-state index in [4.69, 9.17) is 6.42 Å². The number of nitrogens with one attached hydrogen (secondary N) is 2. The van der Waals surface area contributed by atoms with E-state index >= 15 is 0 Å². The van der Waals surface area contributed by atoms with E-state index < -0.39 is 0 Å². The van der Waals surface area contributed by atoms with Crippen molar-refractivity contribution in [2.75, 3.05) is 24.5 Å². The number of amides is 1. The van der Waals surface area contributed by atoms with Crippen molar-refractivity contribution in [3.05, 3.63) is 30.3 Å². The Bertz CT molecular complexity index is 547. The van der Waals surface area contributed by atoms with Gasteiger partial charge in [-0.25, -0.2) is 4.99 Å². The summed E-state index contributed by atoms with van der Waals surface area (Å²) in [6.45, 7) is 3.68. The van der Waals surface area contributed by atoms with Crippen molar-refractivity contribution in [2.45, 2.75) is 19.4 Å². The van der Waals surface area contributed by atoms with Crippen LogP contribution in [0.15, 0.2) is 35.3 Å². The number of carbonyl (C=O) groups is 1. The lowest BCUT2D eigenvalue weighted by Gasteiger charge is -2.18. The molecule has 1 unspecified atom stereocenters. The molecule has 1 aliphatic heterocycles. The lowest BCUT2D eigenvalue weighted by atomic mass is 10.2. The Morgan fingerprint density at radius 1 is 1.48 bits per heavy atom. The number of aliphatic imine (C=N–C) groups is 1. The first-order chi connectivity index (χ1) is 10.2. The predicted molar refractivity (Wildman–Crippen MR) is 85.1 cm³/mol. The summed E-state index contributed by atoms with van der Waals surface area (Å²) in [5, 5.41) is 6.39. The highest BCUT2D eigenvalue weighted by molar-refractivity contribution is 5.97. The maximum absolute atomic E-state index is 12.1. The minimum absolute atomic E-state index is 0.0354. The van der Waals surface area contributed by atoms with Crippen LogP contribution < -0.4 is 15.5 Å². The number of para-hydroxylation sites is 1. The van der Waals surface area contributed by atoms with Crippen LogP contribution in [0, 0.1) is 12.3 Å². The van der Waals surface area contributed by atoms with Gasteiger partial charge in [0, 0.05) is 25.2 Å². The second-order valence-corrected chi connectivity index (χ2v) is 4.78. The van der Waals surface area contributed by atoms with E-state index in [2.05, 4.69) is 21.5 Å². The van der Waals surface area contributed by atoms with Crippen molar-refractivity contribution in [3.8, 4) is 12.3 Å². The number of nitrogens with zero attached hydrogens (tertiary/aromatic N) is 2. The van der Waals surface area contributed by atoms with E-state index in [-0.39, 0.29) is 11.9 Å². The Morgan fingerprint density at radius 3 is 2.90 bits per heavy atom. The van der Waals surface area contributed by atoms with Crippen LogP contribution in [0.25, 0.3) is 0 Å². The zero-order chi connectivity index (χ0) is 15.1. The highest BCUT2D eigenvalue weighted by Crippen LogP contribution is 2.20. The lowest BCUT2D eigenvalue weighted by Crippen LogP contribution is -2.44. The molecule has 5 nitrogen and oxygen atoms in total. The van der Waals surface area contributed by atoms with E-state index in [1.54, 1.807) is 4.90 Å². The van der Waals surface area contributed by atoms with Crippen molar-refractivity contribution in [3.63, 3.8) is 0 Å². The third-order valence-corrected chi connectivity index (χ3v) is 3.21. The third kappa shape index (κ3) is 3.99. The molecule has 1 aromatic carbocycles. The van der Waals surface area contributed by atoms with Crippen molar-refractivity contribution < 1.29 is 4.79 Å². The van der Waals surface area contributed by atoms with Crippen LogP contribution in [0.3, 0.4) is 0 Å². The average molecular weight is 284 g/mol. The summed E-state index contributed by atoms with van der Waals surface area (Å²) in [5.41, 5.74) is 0.928. The number of anilines is 1. The van der Waals surface area contributed by atoms with Gasteiger partial charge in [0.1, 0.15) is 6.54 Å². The van der Waals surface area contributed by atoms with E-state index in [0.717, 1.165) is 12.2 Å². The summed E-state index contributed by atoms with van der Waals surface area (Å²) in [6.07, 6.45) is 5.68. The molecular weight excluding hydrogens is 264 g/mol. The molecule has 2 N–H and O–H groups in total. The Hall–Kier alpha value is -2.48. The van der Waals surface area contributed by atoms with Gasteiger partial charge in [-0.1, -0.05) is 24.1 Å². The molecule has 0 bridgehead atoms. The second-order valence-electron chi connectivity index (χ2n) is 4.78. The molecule has 1 atom stereocenters. The first-order valence-corrected chi connectivity index (χ1v) is 7.08. The van der Waals surface area contributed by atoms with Gasteiger partial charge in [-0.3, -0.25) is 4.79 Å². The summed E-state index contributed by atoms with van der Waals surface area (Å²) >= 11 is 0. The molecular formula is C16H20N4O.